The van der Waals surface area contributed by atoms with Crippen LogP contribution in [0.2, 0.25) is 0 Å². The summed E-state index contributed by atoms with van der Waals surface area (Å²) in [5.41, 5.74) is 16.9. The summed E-state index contributed by atoms with van der Waals surface area (Å²) in [6.45, 7) is 3.89. The highest BCUT2D eigenvalue weighted by atomic mass is 32.1. The van der Waals surface area contributed by atoms with E-state index in [4.69, 9.17) is 17.2 Å². The molecule has 1 saturated heterocycles. The summed E-state index contributed by atoms with van der Waals surface area (Å²) in [7, 11) is 0. The van der Waals surface area contributed by atoms with Crippen LogP contribution in [0.25, 0.3) is 0 Å². The van der Waals surface area contributed by atoms with Gasteiger partial charge in [0.1, 0.15) is 9.88 Å². The van der Waals surface area contributed by atoms with Gasteiger partial charge in [-0.3, -0.25) is 9.59 Å². The highest BCUT2D eigenvalue weighted by molar-refractivity contribution is 7.19. The second kappa shape index (κ2) is 5.70. The Morgan fingerprint density at radius 1 is 1.20 bits per heavy atom. The molecular formula is C13H20N4O2S. The summed E-state index contributed by atoms with van der Waals surface area (Å²) in [6, 6.07) is 0. The first kappa shape index (κ1) is 14.6. The Morgan fingerprint density at radius 2 is 1.90 bits per heavy atom. The van der Waals surface area contributed by atoms with Gasteiger partial charge in [-0.1, -0.05) is 6.92 Å². The Morgan fingerprint density at radius 3 is 2.50 bits per heavy atom. The Balaban J connectivity index is 2.42. The molecule has 1 unspecified atom stereocenters. The number of amides is 2. The molecule has 1 aromatic rings. The Kier molecular flexibility index (Phi) is 4.17. The van der Waals surface area contributed by atoms with Crippen molar-refractivity contribution in [2.75, 3.05) is 23.7 Å². The first-order valence-electron chi connectivity index (χ1n) is 6.68. The van der Waals surface area contributed by atoms with Gasteiger partial charge in [0.25, 0.3) is 11.8 Å². The van der Waals surface area contributed by atoms with Gasteiger partial charge in [-0.05, 0) is 25.2 Å². The molecule has 1 atom stereocenters. The molecular weight excluding hydrogens is 276 g/mol. The van der Waals surface area contributed by atoms with Crippen LogP contribution in [0.4, 0.5) is 10.7 Å². The second-order valence-corrected chi connectivity index (χ2v) is 6.28. The molecule has 20 heavy (non-hydrogen) atoms. The predicted molar refractivity (Wildman–Crippen MR) is 81.0 cm³/mol. The highest BCUT2D eigenvalue weighted by Gasteiger charge is 2.27. The van der Waals surface area contributed by atoms with Crippen LogP contribution in [0.15, 0.2) is 0 Å². The lowest BCUT2D eigenvalue weighted by Crippen LogP contribution is -2.26. The van der Waals surface area contributed by atoms with Gasteiger partial charge in [-0.25, -0.2) is 0 Å². The van der Waals surface area contributed by atoms with Crippen LogP contribution in [0.3, 0.4) is 0 Å². The molecule has 1 aromatic heterocycles. The van der Waals surface area contributed by atoms with Crippen LogP contribution in [0, 0.1) is 5.92 Å². The predicted octanol–water partition coefficient (Wildman–Crippen LogP) is 1.15. The molecule has 7 heteroatoms. The molecule has 2 rings (SSSR count). The lowest BCUT2D eigenvalue weighted by atomic mass is 10.0. The number of nitrogen functional groups attached to an aromatic ring is 1. The minimum atomic E-state index is -0.621. The largest absolute Gasteiger partial charge is 0.397 e. The lowest BCUT2D eigenvalue weighted by molar-refractivity contribution is 0.0999. The smallest absolute Gasteiger partial charge is 0.260 e. The number of nitrogens with zero attached hydrogens (tertiary/aromatic N) is 1. The number of thiophene rings is 1. The van der Waals surface area contributed by atoms with Gasteiger partial charge in [-0.15, -0.1) is 11.3 Å². The van der Waals surface area contributed by atoms with Crippen molar-refractivity contribution in [3.8, 4) is 0 Å². The number of carbonyl (C=O) groups is 2. The number of nitrogens with two attached hydrogens (primary N) is 3. The van der Waals surface area contributed by atoms with Gasteiger partial charge in [0.15, 0.2) is 0 Å². The first-order chi connectivity index (χ1) is 9.41. The highest BCUT2D eigenvalue weighted by Crippen LogP contribution is 2.39. The van der Waals surface area contributed by atoms with E-state index in [9.17, 15) is 9.59 Å². The topological polar surface area (TPSA) is 115 Å². The third-order valence-electron chi connectivity index (χ3n) is 3.70. The van der Waals surface area contributed by atoms with E-state index < -0.39 is 11.8 Å². The SMILES string of the molecule is CC1CCCN(c2sc(C(N)=O)c(N)c2C(N)=O)CC1. The summed E-state index contributed by atoms with van der Waals surface area (Å²) in [6.07, 6.45) is 3.25. The number of rotatable bonds is 3. The van der Waals surface area contributed by atoms with Gasteiger partial charge in [-0.2, -0.15) is 0 Å². The van der Waals surface area contributed by atoms with Crippen molar-refractivity contribution in [1.82, 2.24) is 0 Å². The zero-order chi connectivity index (χ0) is 14.9. The van der Waals surface area contributed by atoms with Crippen LogP contribution >= 0.6 is 11.3 Å². The zero-order valence-corrected chi connectivity index (χ0v) is 12.3. The molecule has 0 aliphatic carbocycles. The second-order valence-electron chi connectivity index (χ2n) is 5.28. The van der Waals surface area contributed by atoms with E-state index in [0.717, 1.165) is 32.4 Å². The van der Waals surface area contributed by atoms with E-state index in [2.05, 4.69) is 11.8 Å². The van der Waals surface area contributed by atoms with E-state index in [1.807, 2.05) is 0 Å². The minimum absolute atomic E-state index is 0.113. The fourth-order valence-electron chi connectivity index (χ4n) is 2.54. The van der Waals surface area contributed by atoms with Crippen LogP contribution in [0.5, 0.6) is 0 Å². The average Bonchev–Trinajstić information content (AvgIpc) is 2.56. The van der Waals surface area contributed by atoms with Crippen molar-refractivity contribution in [2.24, 2.45) is 17.4 Å². The summed E-state index contributed by atoms with van der Waals surface area (Å²) < 4.78 is 0. The molecule has 1 aliphatic rings. The van der Waals surface area contributed by atoms with Gasteiger partial charge in [0.05, 0.1) is 11.3 Å². The lowest BCUT2D eigenvalue weighted by Gasteiger charge is -2.21. The maximum Gasteiger partial charge on any atom is 0.260 e. The fraction of sp³-hybridized carbons (Fsp3) is 0.538. The summed E-state index contributed by atoms with van der Waals surface area (Å²) in [5.74, 6) is -0.576. The van der Waals surface area contributed by atoms with E-state index in [0.29, 0.717) is 10.9 Å². The van der Waals surface area contributed by atoms with Crippen LogP contribution in [-0.2, 0) is 0 Å². The van der Waals surface area contributed by atoms with Crippen LogP contribution in [-0.4, -0.2) is 24.9 Å². The van der Waals surface area contributed by atoms with Gasteiger partial charge in [0.2, 0.25) is 0 Å². The first-order valence-corrected chi connectivity index (χ1v) is 7.50. The molecule has 0 radical (unpaired) electrons. The van der Waals surface area contributed by atoms with Gasteiger partial charge < -0.3 is 22.1 Å². The van der Waals surface area contributed by atoms with E-state index >= 15 is 0 Å². The van der Waals surface area contributed by atoms with Crippen molar-refractivity contribution in [3.63, 3.8) is 0 Å². The van der Waals surface area contributed by atoms with Gasteiger partial charge >= 0.3 is 0 Å². The summed E-state index contributed by atoms with van der Waals surface area (Å²) in [5, 5.41) is 0.679. The van der Waals surface area contributed by atoms with Gasteiger partial charge in [0, 0.05) is 13.1 Å². The normalized spacial score (nSPS) is 19.6. The molecule has 0 bridgehead atoms. The molecule has 2 amide bonds. The van der Waals surface area contributed by atoms with Crippen molar-refractivity contribution in [1.29, 1.82) is 0 Å². The average molecular weight is 296 g/mol. The van der Waals surface area contributed by atoms with E-state index in [1.54, 1.807) is 0 Å². The minimum Gasteiger partial charge on any atom is -0.397 e. The number of hydrogen-bond donors (Lipinski definition) is 3. The maximum atomic E-state index is 11.6. The third-order valence-corrected chi connectivity index (χ3v) is 4.98. The quantitative estimate of drug-likeness (QED) is 0.776. The molecule has 6 N–H and O–H groups in total. The molecule has 0 saturated carbocycles. The van der Waals surface area contributed by atoms with Crippen molar-refractivity contribution in [2.45, 2.75) is 26.2 Å². The van der Waals surface area contributed by atoms with Crippen LogP contribution < -0.4 is 22.1 Å². The number of hydrogen-bond acceptors (Lipinski definition) is 5. The third kappa shape index (κ3) is 2.72. The number of carbonyl (C=O) groups excluding carboxylic acids is 2. The van der Waals surface area contributed by atoms with Crippen molar-refractivity contribution < 1.29 is 9.59 Å². The monoisotopic (exact) mass is 296 g/mol. The Hall–Kier alpha value is -1.76. The summed E-state index contributed by atoms with van der Waals surface area (Å²) >= 11 is 1.17. The molecule has 6 nitrogen and oxygen atoms in total. The van der Waals surface area contributed by atoms with E-state index in [1.165, 1.54) is 11.3 Å². The molecule has 2 heterocycles. The fourth-order valence-corrected chi connectivity index (χ4v) is 3.67. The zero-order valence-electron chi connectivity index (χ0n) is 11.5. The Bertz CT molecular complexity index is 541. The number of anilines is 2. The molecule has 0 aromatic carbocycles. The van der Waals surface area contributed by atoms with Crippen molar-refractivity contribution in [3.05, 3.63) is 10.4 Å². The number of primary amides is 2. The molecule has 1 fully saturated rings. The standard InChI is InChI=1S/C13H20N4O2S/c1-7-3-2-5-17(6-4-7)13-8(11(15)18)9(14)10(20-13)12(16)19/h7H,2-6,14H2,1H3,(H2,15,18)(H2,16,19). The van der Waals surface area contributed by atoms with Crippen LogP contribution in [0.1, 0.15) is 46.2 Å². The maximum absolute atomic E-state index is 11.6. The van der Waals surface area contributed by atoms with Crippen molar-refractivity contribution >= 4 is 33.8 Å². The molecule has 0 spiro atoms. The molecule has 1 aliphatic heterocycles. The summed E-state index contributed by atoms with van der Waals surface area (Å²) in [4.78, 5) is 25.3. The van der Waals surface area contributed by atoms with E-state index in [-0.39, 0.29) is 16.1 Å². The Labute approximate surface area is 121 Å². The molecule has 110 valence electrons.